The Hall–Kier alpha value is -2.34. The van der Waals surface area contributed by atoms with Crippen LogP contribution in [0.25, 0.3) is 22.3 Å². The standard InChI is InChI=1S/C19H16/c1-15-12-13-18(16-8-4-2-5-9-16)14-19(15)17-10-6-3-7-11-17/h2-14H,1H3/i2D,3D,4D,5D,6D,7D,8D,9D,10D,11D,12D,13D,14D. The monoisotopic (exact) mass is 257 g/mol. The lowest BCUT2D eigenvalue weighted by atomic mass is 9.95. The van der Waals surface area contributed by atoms with Crippen LogP contribution >= 0.6 is 0 Å². The van der Waals surface area contributed by atoms with Crippen molar-refractivity contribution in [3.63, 3.8) is 0 Å². The van der Waals surface area contributed by atoms with Crippen molar-refractivity contribution in [3.8, 4) is 22.3 Å². The van der Waals surface area contributed by atoms with Crippen molar-refractivity contribution in [2.75, 3.05) is 0 Å². The van der Waals surface area contributed by atoms with Gasteiger partial charge in [-0.3, -0.25) is 0 Å². The van der Waals surface area contributed by atoms with Gasteiger partial charge < -0.3 is 0 Å². The summed E-state index contributed by atoms with van der Waals surface area (Å²) in [5, 5.41) is 0. The second kappa shape index (κ2) is 5.11. The van der Waals surface area contributed by atoms with E-state index >= 15 is 0 Å². The average molecular weight is 257 g/mol. The second-order valence-electron chi connectivity index (χ2n) is 3.75. The number of hydrogen-bond acceptors (Lipinski definition) is 0. The zero-order valence-corrected chi connectivity index (χ0v) is 10.0. The molecule has 0 saturated carbocycles. The molecule has 0 aliphatic rings. The van der Waals surface area contributed by atoms with Gasteiger partial charge in [0.25, 0.3) is 0 Å². The normalized spacial score (nSPS) is 19.9. The molecule has 0 nitrogen and oxygen atoms in total. The van der Waals surface area contributed by atoms with Gasteiger partial charge >= 0.3 is 0 Å². The summed E-state index contributed by atoms with van der Waals surface area (Å²) in [7, 11) is 0. The Morgan fingerprint density at radius 1 is 0.632 bits per heavy atom. The second-order valence-corrected chi connectivity index (χ2v) is 3.75. The molecule has 0 aliphatic carbocycles. The van der Waals surface area contributed by atoms with Gasteiger partial charge in [-0.1, -0.05) is 72.5 Å². The summed E-state index contributed by atoms with van der Waals surface area (Å²) in [4.78, 5) is 0. The fraction of sp³-hybridized carbons (Fsp3) is 0.0526. The third-order valence-corrected chi connectivity index (χ3v) is 2.50. The first kappa shape index (κ1) is 4.08. The zero-order chi connectivity index (χ0) is 24.4. The minimum Gasteiger partial charge on any atom is -0.0622 e. The molecule has 0 spiro atoms. The van der Waals surface area contributed by atoms with E-state index in [-0.39, 0.29) is 16.7 Å². The summed E-state index contributed by atoms with van der Waals surface area (Å²) < 4.78 is 105. The molecule has 0 fully saturated rings. The van der Waals surface area contributed by atoms with Crippen LogP contribution in [0.15, 0.2) is 78.6 Å². The lowest BCUT2D eigenvalue weighted by Gasteiger charge is -2.09. The van der Waals surface area contributed by atoms with Gasteiger partial charge in [-0.25, -0.2) is 0 Å². The summed E-state index contributed by atoms with van der Waals surface area (Å²) in [5.41, 5.74) is -1.51. The highest BCUT2D eigenvalue weighted by atomic mass is 14.1. The molecule has 0 heteroatoms. The van der Waals surface area contributed by atoms with Gasteiger partial charge in [0, 0.05) is 0 Å². The van der Waals surface area contributed by atoms with E-state index in [2.05, 4.69) is 0 Å². The molecule has 0 saturated heterocycles. The first-order valence-electron chi connectivity index (χ1n) is 12.0. The van der Waals surface area contributed by atoms with Crippen LogP contribution in [0.4, 0.5) is 0 Å². The molecule has 0 N–H and O–H groups in total. The third-order valence-electron chi connectivity index (χ3n) is 2.50. The molecule has 0 radical (unpaired) electrons. The lowest BCUT2D eigenvalue weighted by molar-refractivity contribution is 1.45. The maximum Gasteiger partial charge on any atom is 0.0636 e. The van der Waals surface area contributed by atoms with Gasteiger partial charge in [0.1, 0.15) is 0 Å². The van der Waals surface area contributed by atoms with E-state index in [9.17, 15) is 0 Å². The van der Waals surface area contributed by atoms with Crippen molar-refractivity contribution in [1.82, 2.24) is 0 Å². The fourth-order valence-electron chi connectivity index (χ4n) is 1.59. The Morgan fingerprint density at radius 2 is 1.21 bits per heavy atom. The smallest absolute Gasteiger partial charge is 0.0622 e. The summed E-state index contributed by atoms with van der Waals surface area (Å²) in [6.07, 6.45) is 0. The Morgan fingerprint density at radius 3 is 1.84 bits per heavy atom. The zero-order valence-electron chi connectivity index (χ0n) is 23.0. The van der Waals surface area contributed by atoms with Gasteiger partial charge in [0.2, 0.25) is 0 Å². The molecule has 19 heavy (non-hydrogen) atoms. The van der Waals surface area contributed by atoms with E-state index in [1.54, 1.807) is 0 Å². The van der Waals surface area contributed by atoms with Crippen LogP contribution < -0.4 is 0 Å². The van der Waals surface area contributed by atoms with Crippen LogP contribution in [0, 0.1) is 6.92 Å². The van der Waals surface area contributed by atoms with Gasteiger partial charge in [-0.2, -0.15) is 0 Å². The highest BCUT2D eigenvalue weighted by Gasteiger charge is 2.04. The minimum absolute atomic E-state index is 0.00496. The number of hydrogen-bond donors (Lipinski definition) is 0. The van der Waals surface area contributed by atoms with Crippen LogP contribution in [0.2, 0.25) is 0 Å². The molecule has 0 aliphatic heterocycles. The highest BCUT2D eigenvalue weighted by molar-refractivity contribution is 5.75. The van der Waals surface area contributed by atoms with Gasteiger partial charge in [-0.05, 0) is 40.8 Å². The van der Waals surface area contributed by atoms with E-state index in [1.807, 2.05) is 0 Å². The number of rotatable bonds is 2. The highest BCUT2D eigenvalue weighted by Crippen LogP contribution is 2.29. The van der Waals surface area contributed by atoms with Gasteiger partial charge in [0.05, 0.1) is 17.8 Å². The summed E-state index contributed by atoms with van der Waals surface area (Å²) in [6.45, 7) is 1.36. The van der Waals surface area contributed by atoms with Crippen LogP contribution in [0.5, 0.6) is 0 Å². The minimum atomic E-state index is -0.684. The summed E-state index contributed by atoms with van der Waals surface area (Å²) in [6, 6.07) is -8.13. The van der Waals surface area contributed by atoms with Crippen molar-refractivity contribution < 1.29 is 17.8 Å². The van der Waals surface area contributed by atoms with Crippen LogP contribution in [0.1, 0.15) is 23.4 Å². The van der Waals surface area contributed by atoms with Crippen molar-refractivity contribution in [1.29, 1.82) is 0 Å². The van der Waals surface area contributed by atoms with Crippen molar-refractivity contribution in [2.24, 2.45) is 0 Å². The molecule has 3 aromatic rings. The first-order valence-corrected chi connectivity index (χ1v) is 5.50. The Balaban J connectivity index is 2.59. The predicted octanol–water partition coefficient (Wildman–Crippen LogP) is 5.33. The molecule has 0 aromatic heterocycles. The molecule has 0 atom stereocenters. The quantitative estimate of drug-likeness (QED) is 0.582. The molecule has 0 unspecified atom stereocenters. The number of benzene rings is 3. The van der Waals surface area contributed by atoms with E-state index in [1.165, 1.54) is 6.92 Å². The first-order chi connectivity index (χ1) is 14.7. The Labute approximate surface area is 132 Å². The van der Waals surface area contributed by atoms with Crippen molar-refractivity contribution in [3.05, 3.63) is 84.1 Å². The van der Waals surface area contributed by atoms with E-state index in [0.717, 1.165) is 0 Å². The third kappa shape index (κ3) is 2.43. The maximum absolute atomic E-state index is 8.70. The van der Waals surface area contributed by atoms with Gasteiger partial charge in [0.15, 0.2) is 0 Å². The molecule has 3 rings (SSSR count). The lowest BCUT2D eigenvalue weighted by Crippen LogP contribution is -1.85. The van der Waals surface area contributed by atoms with E-state index in [4.69, 9.17) is 17.8 Å². The topological polar surface area (TPSA) is 0 Å². The largest absolute Gasteiger partial charge is 0.0636 e. The van der Waals surface area contributed by atoms with Crippen LogP contribution in [0.3, 0.4) is 0 Å². The Kier molecular flexibility index (Phi) is 1.10. The fourth-order valence-corrected chi connectivity index (χ4v) is 1.59. The van der Waals surface area contributed by atoms with E-state index < -0.39 is 89.7 Å². The molecule has 0 bridgehead atoms. The molecule has 92 valence electrons. The van der Waals surface area contributed by atoms with Crippen molar-refractivity contribution in [2.45, 2.75) is 6.92 Å². The molecular weight excluding hydrogens is 228 g/mol. The molecule has 3 aromatic carbocycles. The van der Waals surface area contributed by atoms with E-state index in [0.29, 0.717) is 0 Å². The van der Waals surface area contributed by atoms with Gasteiger partial charge in [-0.15, -0.1) is 0 Å². The summed E-state index contributed by atoms with van der Waals surface area (Å²) in [5.74, 6) is 0. The molecule has 0 amide bonds. The predicted molar refractivity (Wildman–Crippen MR) is 82.1 cm³/mol. The summed E-state index contributed by atoms with van der Waals surface area (Å²) >= 11 is 0. The molecular formula is C19H16. The van der Waals surface area contributed by atoms with Crippen LogP contribution in [-0.4, -0.2) is 0 Å². The average Bonchev–Trinajstić information content (AvgIpc) is 2.76. The van der Waals surface area contributed by atoms with Crippen LogP contribution in [-0.2, 0) is 0 Å². The SMILES string of the molecule is [2H]c1c([2H])c([2H])c(-c2c([2H])c([2H])c(C)c(-c3c([2H])c([2H])c([2H])c([2H])c3[2H])c2[2H])c([2H])c1[2H]. The maximum atomic E-state index is 8.70. The van der Waals surface area contributed by atoms with Crippen molar-refractivity contribution >= 4 is 0 Å². The Bertz CT molecular complexity index is 1160. The molecule has 0 heterocycles.